The van der Waals surface area contributed by atoms with Crippen molar-refractivity contribution in [3.05, 3.63) is 95.9 Å². The van der Waals surface area contributed by atoms with Crippen LogP contribution < -0.4 is 9.64 Å². The zero-order chi connectivity index (χ0) is 29.2. The quantitative estimate of drug-likeness (QED) is 0.175. The van der Waals surface area contributed by atoms with E-state index in [4.69, 9.17) is 19.4 Å². The van der Waals surface area contributed by atoms with Crippen LogP contribution in [0.15, 0.2) is 78.9 Å². The number of anilines is 1. The maximum absolute atomic E-state index is 13.1. The number of methoxy groups -OCH3 is 1. The zero-order valence-electron chi connectivity index (χ0n) is 24.8. The van der Waals surface area contributed by atoms with E-state index in [2.05, 4.69) is 51.9 Å². The molecule has 0 radical (unpaired) electrons. The summed E-state index contributed by atoms with van der Waals surface area (Å²) in [4.78, 5) is 25.4. The fourth-order valence-corrected chi connectivity index (χ4v) is 6.94. The molecule has 0 atom stereocenters. The van der Waals surface area contributed by atoms with E-state index in [1.165, 1.54) is 31.2 Å². The van der Waals surface area contributed by atoms with Gasteiger partial charge in [-0.1, -0.05) is 49.2 Å². The van der Waals surface area contributed by atoms with Gasteiger partial charge in [0, 0.05) is 43.2 Å². The minimum atomic E-state index is -0.521. The van der Waals surface area contributed by atoms with Gasteiger partial charge >= 0.3 is 5.97 Å². The molecule has 1 saturated heterocycles. The van der Waals surface area contributed by atoms with E-state index >= 15 is 0 Å². The van der Waals surface area contributed by atoms with E-state index < -0.39 is 5.41 Å². The van der Waals surface area contributed by atoms with Crippen molar-refractivity contribution >= 4 is 33.6 Å². The van der Waals surface area contributed by atoms with Crippen LogP contribution in [0.2, 0.25) is 0 Å². The van der Waals surface area contributed by atoms with Gasteiger partial charge in [-0.3, -0.25) is 4.79 Å². The summed E-state index contributed by atoms with van der Waals surface area (Å²) >= 11 is 0. The molecule has 7 heteroatoms. The number of pyridine rings is 1. The molecule has 2 fully saturated rings. The summed E-state index contributed by atoms with van der Waals surface area (Å²) in [5.74, 6) is 1.55. The third-order valence-electron chi connectivity index (χ3n) is 9.24. The Labute approximate surface area is 252 Å². The van der Waals surface area contributed by atoms with Gasteiger partial charge in [-0.05, 0) is 67.6 Å². The van der Waals surface area contributed by atoms with Crippen LogP contribution in [0.4, 0.5) is 5.69 Å². The largest absolute Gasteiger partial charge is 0.487 e. The first-order chi connectivity index (χ1) is 21.1. The summed E-state index contributed by atoms with van der Waals surface area (Å²) in [6, 6.07) is 27.2. The number of fused-ring (bicyclic) bond motifs is 2. The van der Waals surface area contributed by atoms with Crippen molar-refractivity contribution in [1.82, 2.24) is 14.5 Å². The van der Waals surface area contributed by atoms with Gasteiger partial charge in [-0.15, -0.1) is 0 Å². The number of hydrogen-bond donors (Lipinski definition) is 0. The molecule has 0 unspecified atom stereocenters. The average Bonchev–Trinajstić information content (AvgIpc) is 3.82. The Kier molecular flexibility index (Phi) is 7.47. The number of para-hydroxylation sites is 1. The SMILES string of the molecule is COC(=O)C1(Cc2nc3cc(OCc4ccc5ccccc5n4)ccc3n2Cc2cccc(N3CCCC3)c2)CCCC1. The number of rotatable bonds is 9. The summed E-state index contributed by atoms with van der Waals surface area (Å²) in [5.41, 5.74) is 5.73. The van der Waals surface area contributed by atoms with Gasteiger partial charge in [0.05, 0.1) is 34.8 Å². The summed E-state index contributed by atoms with van der Waals surface area (Å²) < 4.78 is 13.8. The number of imidazole rings is 1. The molecule has 3 aromatic carbocycles. The van der Waals surface area contributed by atoms with Gasteiger partial charge in [0.1, 0.15) is 18.2 Å². The number of ether oxygens (including phenoxy) is 2. The number of nitrogens with zero attached hydrogens (tertiary/aromatic N) is 4. The predicted molar refractivity (Wildman–Crippen MR) is 169 cm³/mol. The van der Waals surface area contributed by atoms with Crippen LogP contribution in [0.1, 0.15) is 55.6 Å². The van der Waals surface area contributed by atoms with Gasteiger partial charge in [0.15, 0.2) is 0 Å². The van der Waals surface area contributed by atoms with Crippen molar-refractivity contribution < 1.29 is 14.3 Å². The number of aromatic nitrogens is 3. The summed E-state index contributed by atoms with van der Waals surface area (Å²) in [6.07, 6.45) is 6.80. The predicted octanol–water partition coefficient (Wildman–Crippen LogP) is 7.09. The maximum Gasteiger partial charge on any atom is 0.312 e. The Hall–Kier alpha value is -4.39. The fourth-order valence-electron chi connectivity index (χ4n) is 6.94. The molecule has 3 heterocycles. The zero-order valence-corrected chi connectivity index (χ0v) is 24.8. The van der Waals surface area contributed by atoms with Gasteiger partial charge in [-0.2, -0.15) is 0 Å². The van der Waals surface area contributed by atoms with Crippen LogP contribution in [0.25, 0.3) is 21.9 Å². The normalized spacial score (nSPS) is 16.3. The van der Waals surface area contributed by atoms with Crippen LogP contribution in [0, 0.1) is 5.41 Å². The second kappa shape index (κ2) is 11.7. The van der Waals surface area contributed by atoms with Crippen molar-refractivity contribution in [2.75, 3.05) is 25.1 Å². The lowest BCUT2D eigenvalue weighted by Crippen LogP contribution is -2.33. The number of carbonyl (C=O) groups excluding carboxylic acids is 1. The van der Waals surface area contributed by atoms with E-state index in [1.807, 2.05) is 36.4 Å². The molecular weight excluding hydrogens is 536 g/mol. The van der Waals surface area contributed by atoms with Gasteiger partial charge in [0.25, 0.3) is 0 Å². The topological polar surface area (TPSA) is 69.5 Å². The summed E-state index contributed by atoms with van der Waals surface area (Å²) in [6.45, 7) is 3.29. The molecule has 2 aliphatic rings. The first-order valence-corrected chi connectivity index (χ1v) is 15.5. The number of benzene rings is 3. The van der Waals surface area contributed by atoms with Crippen LogP contribution in [0.3, 0.4) is 0 Å². The molecule has 1 aliphatic heterocycles. The molecule has 7 rings (SSSR count). The van der Waals surface area contributed by atoms with Crippen molar-refractivity contribution in [3.63, 3.8) is 0 Å². The standard InChI is InChI=1S/C36H38N4O3/c1-42-35(41)36(17-4-5-18-36)23-34-38-32-22-30(43-25-28-14-13-27-10-2-3-12-31(27)37-28)15-16-33(32)40(34)24-26-9-8-11-29(21-26)39-19-6-7-20-39/h2-3,8-16,21-22H,4-7,17-20,23-25H2,1H3. The highest BCUT2D eigenvalue weighted by atomic mass is 16.5. The molecule has 2 aromatic heterocycles. The minimum Gasteiger partial charge on any atom is -0.487 e. The smallest absolute Gasteiger partial charge is 0.312 e. The van der Waals surface area contributed by atoms with Gasteiger partial charge in [0.2, 0.25) is 0 Å². The van der Waals surface area contributed by atoms with Gasteiger partial charge in [-0.25, -0.2) is 9.97 Å². The molecule has 43 heavy (non-hydrogen) atoms. The van der Waals surface area contributed by atoms with E-state index in [9.17, 15) is 4.79 Å². The molecular formula is C36H38N4O3. The summed E-state index contributed by atoms with van der Waals surface area (Å²) in [5, 5.41) is 1.11. The second-order valence-corrected chi connectivity index (χ2v) is 12.1. The molecule has 1 saturated carbocycles. The van der Waals surface area contributed by atoms with E-state index in [-0.39, 0.29) is 5.97 Å². The highest BCUT2D eigenvalue weighted by Gasteiger charge is 2.43. The second-order valence-electron chi connectivity index (χ2n) is 12.1. The Morgan fingerprint density at radius 1 is 0.860 bits per heavy atom. The maximum atomic E-state index is 13.1. The van der Waals surface area contributed by atoms with Crippen LogP contribution in [0.5, 0.6) is 5.75 Å². The molecule has 5 aromatic rings. The van der Waals surface area contributed by atoms with Crippen LogP contribution in [-0.2, 0) is 29.1 Å². The lowest BCUT2D eigenvalue weighted by molar-refractivity contribution is -0.152. The average molecular weight is 575 g/mol. The third kappa shape index (κ3) is 5.56. The highest BCUT2D eigenvalue weighted by Crippen LogP contribution is 2.42. The fraction of sp³-hybridized carbons (Fsp3) is 0.361. The molecule has 0 spiro atoms. The lowest BCUT2D eigenvalue weighted by Gasteiger charge is -2.26. The Bertz CT molecular complexity index is 1770. The first-order valence-electron chi connectivity index (χ1n) is 15.5. The molecule has 0 bridgehead atoms. The Balaban J connectivity index is 1.20. The van der Waals surface area contributed by atoms with E-state index in [1.54, 1.807) is 0 Å². The van der Waals surface area contributed by atoms with Crippen molar-refractivity contribution in [3.8, 4) is 5.75 Å². The third-order valence-corrected chi connectivity index (χ3v) is 9.24. The molecule has 0 N–H and O–H groups in total. The number of esters is 1. The minimum absolute atomic E-state index is 0.119. The van der Waals surface area contributed by atoms with Crippen molar-refractivity contribution in [2.45, 2.75) is 58.1 Å². The first kappa shape index (κ1) is 27.4. The summed E-state index contributed by atoms with van der Waals surface area (Å²) in [7, 11) is 1.50. The van der Waals surface area contributed by atoms with Crippen LogP contribution >= 0.6 is 0 Å². The van der Waals surface area contributed by atoms with Gasteiger partial charge < -0.3 is 18.9 Å². The van der Waals surface area contributed by atoms with Crippen molar-refractivity contribution in [2.24, 2.45) is 5.41 Å². The Morgan fingerprint density at radius 2 is 1.70 bits per heavy atom. The number of carbonyl (C=O) groups is 1. The van der Waals surface area contributed by atoms with E-state index in [0.29, 0.717) is 19.6 Å². The monoisotopic (exact) mass is 574 g/mol. The molecule has 220 valence electrons. The Morgan fingerprint density at radius 3 is 2.53 bits per heavy atom. The molecule has 1 aliphatic carbocycles. The highest BCUT2D eigenvalue weighted by molar-refractivity contribution is 5.80. The molecule has 0 amide bonds. The van der Waals surface area contributed by atoms with E-state index in [0.717, 1.165) is 78.0 Å². The van der Waals surface area contributed by atoms with Crippen LogP contribution in [-0.4, -0.2) is 40.7 Å². The number of hydrogen-bond acceptors (Lipinski definition) is 6. The van der Waals surface area contributed by atoms with Crippen molar-refractivity contribution in [1.29, 1.82) is 0 Å². The molecule has 7 nitrogen and oxygen atoms in total. The lowest BCUT2D eigenvalue weighted by atomic mass is 9.82.